The SMILES string of the molecule is COCCCNc1nc(Nc2ccc(F)c(Cl)c2)ncc1-c1ccc2cc(C(=O)OC)[nH]c2c1.COCCCNc1nc(Nc2ccc(F)c(Cl)c2)ncc1-c1ccc2cc(C(=O)OC)n(C)c2c1. The van der Waals surface area contributed by atoms with Crippen molar-refractivity contribution in [1.29, 1.82) is 0 Å². The molecule has 0 fully saturated rings. The molecular formula is C49H48Cl2F2N10O6. The Morgan fingerprint density at radius 2 is 1.17 bits per heavy atom. The summed E-state index contributed by atoms with van der Waals surface area (Å²) in [6.45, 7) is 2.49. The Bertz CT molecular complexity index is 3110. The van der Waals surface area contributed by atoms with Crippen LogP contribution in [0.2, 0.25) is 10.0 Å². The molecule has 5 N–H and O–H groups in total. The number of aromatic amines is 1. The van der Waals surface area contributed by atoms with Crippen molar-refractivity contribution >= 4 is 91.9 Å². The van der Waals surface area contributed by atoms with Gasteiger partial charge < -0.3 is 49.8 Å². The van der Waals surface area contributed by atoms with Gasteiger partial charge >= 0.3 is 11.9 Å². The summed E-state index contributed by atoms with van der Waals surface area (Å²) < 4.78 is 48.7. The first-order chi connectivity index (χ1) is 33.4. The molecule has 20 heteroatoms. The van der Waals surface area contributed by atoms with Gasteiger partial charge in [-0.05, 0) is 84.6 Å². The average Bonchev–Trinajstić information content (AvgIpc) is 3.94. The molecule has 0 aliphatic rings. The Kier molecular flexibility index (Phi) is 16.6. The minimum atomic E-state index is -0.501. The van der Waals surface area contributed by atoms with Gasteiger partial charge in [0.05, 0.1) is 24.3 Å². The maximum absolute atomic E-state index is 13.5. The van der Waals surface area contributed by atoms with Gasteiger partial charge in [0.2, 0.25) is 11.9 Å². The number of hydrogen-bond acceptors (Lipinski definition) is 14. The molecule has 0 unspecified atom stereocenters. The number of halogens is 4. The van der Waals surface area contributed by atoms with Crippen molar-refractivity contribution in [2.24, 2.45) is 7.05 Å². The summed E-state index contributed by atoms with van der Waals surface area (Å²) in [6.07, 6.45) is 4.99. The van der Waals surface area contributed by atoms with Crippen LogP contribution in [0.4, 0.5) is 43.7 Å². The number of carbonyl (C=O) groups is 2. The second kappa shape index (κ2) is 23.1. The van der Waals surface area contributed by atoms with Crippen LogP contribution in [-0.2, 0) is 26.0 Å². The molecule has 0 radical (unpaired) electrons. The van der Waals surface area contributed by atoms with E-state index in [4.69, 9.17) is 42.1 Å². The number of ether oxygens (including phenoxy) is 4. The molecule has 4 aromatic carbocycles. The minimum absolute atomic E-state index is 0.00473. The Morgan fingerprint density at radius 1 is 0.652 bits per heavy atom. The maximum atomic E-state index is 13.5. The van der Waals surface area contributed by atoms with Crippen molar-refractivity contribution in [1.82, 2.24) is 29.5 Å². The lowest BCUT2D eigenvalue weighted by atomic mass is 10.1. The number of fused-ring (bicyclic) bond motifs is 2. The fourth-order valence-corrected chi connectivity index (χ4v) is 7.50. The Labute approximate surface area is 405 Å². The van der Waals surface area contributed by atoms with Gasteiger partial charge in [0.25, 0.3) is 0 Å². The van der Waals surface area contributed by atoms with E-state index in [0.29, 0.717) is 72.6 Å². The third-order valence-electron chi connectivity index (χ3n) is 10.7. The summed E-state index contributed by atoms with van der Waals surface area (Å²) in [5, 5.41) is 14.6. The summed E-state index contributed by atoms with van der Waals surface area (Å²) >= 11 is 11.8. The lowest BCUT2D eigenvalue weighted by Gasteiger charge is -2.14. The van der Waals surface area contributed by atoms with Gasteiger partial charge in [-0.2, -0.15) is 9.97 Å². The zero-order chi connectivity index (χ0) is 49.0. The lowest BCUT2D eigenvalue weighted by molar-refractivity contribution is 0.0583. The van der Waals surface area contributed by atoms with Gasteiger partial charge in [0.1, 0.15) is 34.7 Å². The van der Waals surface area contributed by atoms with Crippen LogP contribution < -0.4 is 21.3 Å². The van der Waals surface area contributed by atoms with E-state index in [2.05, 4.69) is 46.2 Å². The smallest absolute Gasteiger partial charge is 0.354 e. The van der Waals surface area contributed by atoms with E-state index < -0.39 is 23.6 Å². The van der Waals surface area contributed by atoms with Crippen LogP contribution in [0.3, 0.4) is 0 Å². The molecule has 0 saturated heterocycles. The number of H-pyrrole nitrogens is 1. The molecule has 0 bridgehead atoms. The first-order valence-corrected chi connectivity index (χ1v) is 22.2. The number of aromatic nitrogens is 6. The summed E-state index contributed by atoms with van der Waals surface area (Å²) in [5.41, 5.74) is 6.92. The highest BCUT2D eigenvalue weighted by Gasteiger charge is 2.18. The molecule has 4 heterocycles. The van der Waals surface area contributed by atoms with Crippen LogP contribution in [0.1, 0.15) is 33.8 Å². The molecule has 0 aliphatic carbocycles. The largest absolute Gasteiger partial charge is 0.464 e. The topological polar surface area (TPSA) is 191 Å². The molecule has 0 spiro atoms. The van der Waals surface area contributed by atoms with Gasteiger partial charge in [-0.15, -0.1) is 0 Å². The monoisotopic (exact) mass is 980 g/mol. The summed E-state index contributed by atoms with van der Waals surface area (Å²) in [7, 11) is 7.83. The zero-order valence-electron chi connectivity index (χ0n) is 38.2. The number of carbonyl (C=O) groups excluding carboxylic acids is 2. The van der Waals surface area contributed by atoms with E-state index in [1.54, 1.807) is 55.4 Å². The van der Waals surface area contributed by atoms with Crippen LogP contribution in [0.15, 0.2) is 97.3 Å². The summed E-state index contributed by atoms with van der Waals surface area (Å²) in [6, 6.07) is 23.8. The maximum Gasteiger partial charge on any atom is 0.354 e. The summed E-state index contributed by atoms with van der Waals surface area (Å²) in [5.74, 6) is 0.0606. The predicted molar refractivity (Wildman–Crippen MR) is 265 cm³/mol. The van der Waals surface area contributed by atoms with E-state index in [1.165, 1.54) is 38.5 Å². The van der Waals surface area contributed by atoms with Crippen LogP contribution in [-0.4, -0.2) is 96.2 Å². The molecule has 8 aromatic rings. The highest BCUT2D eigenvalue weighted by atomic mass is 35.5. The van der Waals surface area contributed by atoms with Gasteiger partial charge in [-0.25, -0.2) is 28.3 Å². The van der Waals surface area contributed by atoms with E-state index in [0.717, 1.165) is 56.9 Å². The minimum Gasteiger partial charge on any atom is -0.464 e. The molecule has 16 nitrogen and oxygen atoms in total. The fourth-order valence-electron chi connectivity index (χ4n) is 7.14. The van der Waals surface area contributed by atoms with Crippen molar-refractivity contribution in [2.75, 3.05) is 76.0 Å². The van der Waals surface area contributed by atoms with Crippen molar-refractivity contribution < 1.29 is 37.3 Å². The third kappa shape index (κ3) is 12.2. The van der Waals surface area contributed by atoms with Gasteiger partial charge in [-0.1, -0.05) is 47.5 Å². The van der Waals surface area contributed by atoms with E-state index >= 15 is 0 Å². The Morgan fingerprint density at radius 3 is 1.68 bits per heavy atom. The number of aryl methyl sites for hydroxylation is 1. The predicted octanol–water partition coefficient (Wildman–Crippen LogP) is 10.8. The standard InChI is InChI=1S/C25H25ClFN5O3.C24H23ClFN5O3/c1-32-21-11-15(5-6-16(21)12-22(32)24(33)35-3)18-14-29-25(31-23(18)28-9-4-10-34-2)30-17-7-8-20(27)19(26)13-17;1-33-9-3-8-27-22-17(13-28-24(31-22)29-16-6-7-19(26)18(25)12-16)14-4-5-15-11-21(23(32)34-2)30-20(15)10-14/h5-8,11-14H,4,9-10H2,1-3H3,(H2,28,29,30,31);4-7,10-13,30H,3,8-9H2,1-2H3,(H2,27,28,29,31). The molecule has 0 saturated carbocycles. The lowest BCUT2D eigenvalue weighted by Crippen LogP contribution is -2.09. The highest BCUT2D eigenvalue weighted by molar-refractivity contribution is 6.31. The first-order valence-electron chi connectivity index (χ1n) is 21.4. The Hall–Kier alpha value is -7.38. The third-order valence-corrected chi connectivity index (χ3v) is 11.2. The number of nitrogens with zero attached hydrogens (tertiary/aromatic N) is 5. The number of nitrogens with one attached hydrogen (secondary N) is 5. The van der Waals surface area contributed by atoms with Crippen molar-refractivity contribution in [3.05, 3.63) is 130 Å². The molecule has 4 aromatic heterocycles. The molecular weight excluding hydrogens is 934 g/mol. The molecule has 8 rings (SSSR count). The number of methoxy groups -OCH3 is 4. The second-order valence-corrected chi connectivity index (χ2v) is 16.1. The van der Waals surface area contributed by atoms with Crippen molar-refractivity contribution in [2.45, 2.75) is 12.8 Å². The molecule has 0 aliphatic heterocycles. The molecule has 69 heavy (non-hydrogen) atoms. The number of hydrogen-bond donors (Lipinski definition) is 5. The fraction of sp³-hybridized carbons (Fsp3) is 0.224. The van der Waals surface area contributed by atoms with Crippen LogP contribution in [0.5, 0.6) is 0 Å². The van der Waals surface area contributed by atoms with Crippen LogP contribution in [0, 0.1) is 11.6 Å². The van der Waals surface area contributed by atoms with Gasteiger partial charge in [0.15, 0.2) is 0 Å². The van der Waals surface area contributed by atoms with Gasteiger partial charge in [-0.3, -0.25) is 0 Å². The van der Waals surface area contributed by atoms with Crippen molar-refractivity contribution in [3.8, 4) is 22.3 Å². The number of esters is 2. The number of benzene rings is 4. The van der Waals surface area contributed by atoms with Gasteiger partial charge in [0, 0.05) is 104 Å². The molecule has 0 amide bonds. The second-order valence-electron chi connectivity index (χ2n) is 15.3. The van der Waals surface area contributed by atoms with Crippen molar-refractivity contribution in [3.63, 3.8) is 0 Å². The Balaban J connectivity index is 0.000000204. The van der Waals surface area contributed by atoms with Crippen LogP contribution in [0.25, 0.3) is 44.1 Å². The quantitative estimate of drug-likeness (QED) is 0.0403. The first kappa shape index (κ1) is 49.5. The molecule has 0 atom stereocenters. The average molecular weight is 982 g/mol. The summed E-state index contributed by atoms with van der Waals surface area (Å²) in [4.78, 5) is 45.2. The number of rotatable bonds is 18. The molecule has 358 valence electrons. The van der Waals surface area contributed by atoms with E-state index in [1.807, 2.05) is 43.4 Å². The van der Waals surface area contributed by atoms with E-state index in [-0.39, 0.29) is 10.0 Å². The zero-order valence-corrected chi connectivity index (χ0v) is 39.7. The van der Waals surface area contributed by atoms with Crippen LogP contribution >= 0.6 is 23.2 Å². The number of anilines is 6. The normalized spacial score (nSPS) is 11.0. The highest BCUT2D eigenvalue weighted by Crippen LogP contribution is 2.33. The van der Waals surface area contributed by atoms with E-state index in [9.17, 15) is 18.4 Å².